The highest BCUT2D eigenvalue weighted by molar-refractivity contribution is 8.01. The monoisotopic (exact) mass is 542 g/mol. The quantitative estimate of drug-likeness (QED) is 0.178. The number of rotatable bonds is 10. The first-order valence-corrected chi connectivity index (χ1v) is 13.2. The number of esters is 2. The summed E-state index contributed by atoms with van der Waals surface area (Å²) < 4.78 is 19.4. The molecule has 0 bridgehead atoms. The van der Waals surface area contributed by atoms with E-state index in [4.69, 9.17) is 30.5 Å². The lowest BCUT2D eigenvalue weighted by atomic mass is 10.1. The Morgan fingerprint density at radius 3 is 1.66 bits per heavy atom. The number of ketones is 2. The molecule has 11 heteroatoms. The Morgan fingerprint density at radius 1 is 0.800 bits per heavy atom. The van der Waals surface area contributed by atoms with Gasteiger partial charge in [0.15, 0.2) is 34.6 Å². The fourth-order valence-corrected chi connectivity index (χ4v) is 3.50. The molecule has 1 atom stereocenters. The number of hydrogen-bond acceptors (Lipinski definition) is 10. The normalized spacial score (nSPS) is 10.8. The van der Waals surface area contributed by atoms with Crippen LogP contribution in [0.25, 0.3) is 0 Å². The molecule has 0 N–H and O–H groups in total. The second kappa shape index (κ2) is 15.3. The summed E-state index contributed by atoms with van der Waals surface area (Å²) in [6, 6.07) is 9.34. The molecule has 0 spiro atoms. The fourth-order valence-electron chi connectivity index (χ4n) is 2.59. The number of carbonyl (C=O) groups is 4. The lowest BCUT2D eigenvalue weighted by Gasteiger charge is -2.10. The molecule has 2 aromatic carbocycles. The van der Waals surface area contributed by atoms with Crippen molar-refractivity contribution in [3.63, 3.8) is 0 Å². The van der Waals surface area contributed by atoms with E-state index < -0.39 is 16.6 Å². The molecule has 0 fully saturated rings. The number of alkyl halides is 1. The largest absolute Gasteiger partial charge is 0.493 e. The zero-order valence-electron chi connectivity index (χ0n) is 20.2. The van der Waals surface area contributed by atoms with Crippen molar-refractivity contribution in [1.29, 1.82) is 0 Å². The molecule has 2 rings (SSSR count). The van der Waals surface area contributed by atoms with Gasteiger partial charge < -0.3 is 18.9 Å². The maximum absolute atomic E-state index is 11.9. The molecular weight excluding hydrogens is 516 g/mol. The van der Waals surface area contributed by atoms with Gasteiger partial charge in [0.2, 0.25) is 0 Å². The lowest BCUT2D eigenvalue weighted by molar-refractivity contribution is -0.132. The minimum atomic E-state index is -0.644. The smallest absolute Gasteiger partial charge is 0.308 e. The van der Waals surface area contributed by atoms with Crippen molar-refractivity contribution >= 4 is 58.6 Å². The molecule has 0 radical (unpaired) electrons. The van der Waals surface area contributed by atoms with Crippen LogP contribution in [0.1, 0.15) is 34.6 Å². The van der Waals surface area contributed by atoms with Gasteiger partial charge in [-0.15, -0.1) is 23.4 Å². The standard InChI is InChI=1S/C12H13ClO4S.C12H14O4S/c1-7(14)17-9-5-4-8(6-10(9)16-2)11(15)12(13)18-3;1-8(13)16-11-5-4-9(6-12(11)15-2)10(14)7-17-3/h4-6,12H,1-3H3;4-6H,7H2,1-3H3. The summed E-state index contributed by atoms with van der Waals surface area (Å²) in [4.78, 5) is 45.3. The number of thioether (sulfide) groups is 2. The van der Waals surface area contributed by atoms with Crippen LogP contribution in [-0.2, 0) is 9.59 Å². The zero-order chi connectivity index (χ0) is 26.5. The van der Waals surface area contributed by atoms with Gasteiger partial charge in [-0.1, -0.05) is 0 Å². The zero-order valence-corrected chi connectivity index (χ0v) is 22.6. The number of Topliss-reactive ketones (excluding diaryl/α,β-unsaturated/α-hetero) is 2. The van der Waals surface area contributed by atoms with Gasteiger partial charge in [0, 0.05) is 25.0 Å². The molecule has 0 aliphatic heterocycles. The van der Waals surface area contributed by atoms with Gasteiger partial charge in [-0.3, -0.25) is 19.2 Å². The Kier molecular flexibility index (Phi) is 13.3. The minimum Gasteiger partial charge on any atom is -0.493 e. The Balaban J connectivity index is 0.000000351. The maximum atomic E-state index is 11.9. The van der Waals surface area contributed by atoms with Crippen molar-refractivity contribution in [3.05, 3.63) is 47.5 Å². The van der Waals surface area contributed by atoms with Crippen molar-refractivity contribution in [2.75, 3.05) is 32.5 Å². The van der Waals surface area contributed by atoms with Crippen molar-refractivity contribution in [2.45, 2.75) is 18.6 Å². The van der Waals surface area contributed by atoms with Gasteiger partial charge in [-0.05, 0) is 48.9 Å². The third kappa shape index (κ3) is 9.83. The summed E-state index contributed by atoms with van der Waals surface area (Å²) in [6.45, 7) is 2.60. The van der Waals surface area contributed by atoms with Crippen LogP contribution in [0.4, 0.5) is 0 Å². The van der Waals surface area contributed by atoms with E-state index >= 15 is 0 Å². The average Bonchev–Trinajstić information content (AvgIpc) is 2.83. The topological polar surface area (TPSA) is 105 Å². The first kappa shape index (κ1) is 30.3. The van der Waals surface area contributed by atoms with Crippen LogP contribution >= 0.6 is 35.1 Å². The first-order chi connectivity index (χ1) is 16.6. The number of hydrogen-bond donors (Lipinski definition) is 0. The van der Waals surface area contributed by atoms with Crippen LogP contribution < -0.4 is 18.9 Å². The molecule has 0 amide bonds. The Hall–Kier alpha value is -2.69. The molecule has 0 saturated heterocycles. The molecule has 8 nitrogen and oxygen atoms in total. The first-order valence-electron chi connectivity index (χ1n) is 10.0. The highest BCUT2D eigenvalue weighted by Gasteiger charge is 2.18. The van der Waals surface area contributed by atoms with Crippen molar-refractivity contribution in [1.82, 2.24) is 0 Å². The Morgan fingerprint density at radius 2 is 1.26 bits per heavy atom. The van der Waals surface area contributed by atoms with Gasteiger partial charge in [0.05, 0.1) is 20.0 Å². The van der Waals surface area contributed by atoms with E-state index in [2.05, 4.69) is 0 Å². The van der Waals surface area contributed by atoms with E-state index in [-0.39, 0.29) is 17.3 Å². The van der Waals surface area contributed by atoms with Crippen LogP contribution in [0.15, 0.2) is 36.4 Å². The van der Waals surface area contributed by atoms with Crippen LogP contribution in [-0.4, -0.2) is 60.7 Å². The Bertz CT molecular complexity index is 1060. The van der Waals surface area contributed by atoms with Gasteiger partial charge in [0.25, 0.3) is 0 Å². The van der Waals surface area contributed by atoms with E-state index in [0.29, 0.717) is 34.1 Å². The molecule has 0 aromatic heterocycles. The number of benzene rings is 2. The molecule has 2 aromatic rings. The van der Waals surface area contributed by atoms with E-state index in [1.807, 2.05) is 6.26 Å². The van der Waals surface area contributed by atoms with Gasteiger partial charge in [-0.25, -0.2) is 0 Å². The van der Waals surface area contributed by atoms with Crippen molar-refractivity contribution in [2.24, 2.45) is 0 Å². The van der Waals surface area contributed by atoms with Crippen molar-refractivity contribution in [3.8, 4) is 23.0 Å². The SMILES string of the molecule is COc1cc(C(=O)C(Cl)SC)ccc1OC(C)=O.COc1cc(C(=O)CSC)ccc1OC(C)=O. The molecule has 1 unspecified atom stereocenters. The van der Waals surface area contributed by atoms with Crippen molar-refractivity contribution < 1.29 is 38.1 Å². The molecule has 35 heavy (non-hydrogen) atoms. The van der Waals surface area contributed by atoms with E-state index in [1.165, 1.54) is 63.7 Å². The third-order valence-corrected chi connectivity index (χ3v) is 6.04. The molecule has 0 aliphatic rings. The number of ether oxygens (including phenoxy) is 4. The van der Waals surface area contributed by atoms with Crippen LogP contribution in [0.5, 0.6) is 23.0 Å². The lowest BCUT2D eigenvalue weighted by Crippen LogP contribution is -2.11. The van der Waals surface area contributed by atoms with Gasteiger partial charge in [-0.2, -0.15) is 11.8 Å². The van der Waals surface area contributed by atoms with E-state index in [9.17, 15) is 19.2 Å². The number of halogens is 1. The van der Waals surface area contributed by atoms with Crippen LogP contribution in [0, 0.1) is 0 Å². The summed E-state index contributed by atoms with van der Waals surface area (Å²) in [7, 11) is 2.90. The summed E-state index contributed by atoms with van der Waals surface area (Å²) in [5.74, 6) is 0.640. The van der Waals surface area contributed by atoms with E-state index in [1.54, 1.807) is 30.5 Å². The second-order valence-electron chi connectivity index (χ2n) is 6.69. The predicted octanol–water partition coefficient (Wildman–Crippen LogP) is 4.90. The molecule has 0 aliphatic carbocycles. The summed E-state index contributed by atoms with van der Waals surface area (Å²) in [5, 5.41) is 0. The molecule has 0 saturated carbocycles. The third-order valence-electron chi connectivity index (χ3n) is 4.13. The molecule has 190 valence electrons. The maximum Gasteiger partial charge on any atom is 0.308 e. The van der Waals surface area contributed by atoms with Crippen LogP contribution in [0.2, 0.25) is 0 Å². The highest BCUT2D eigenvalue weighted by Crippen LogP contribution is 2.30. The number of methoxy groups -OCH3 is 2. The summed E-state index contributed by atoms with van der Waals surface area (Å²) >= 11 is 8.56. The fraction of sp³-hybridized carbons (Fsp3) is 0.333. The second-order valence-corrected chi connectivity index (χ2v) is 9.19. The predicted molar refractivity (Wildman–Crippen MR) is 139 cm³/mol. The van der Waals surface area contributed by atoms with Gasteiger partial charge >= 0.3 is 11.9 Å². The Labute approximate surface area is 218 Å². The number of carbonyl (C=O) groups excluding carboxylic acids is 4. The molecular formula is C24H27ClO8S2. The highest BCUT2D eigenvalue weighted by atomic mass is 35.5. The average molecular weight is 543 g/mol. The molecule has 0 heterocycles. The van der Waals surface area contributed by atoms with Gasteiger partial charge in [0.1, 0.15) is 4.71 Å². The van der Waals surface area contributed by atoms with Crippen LogP contribution in [0.3, 0.4) is 0 Å². The minimum absolute atomic E-state index is 0.0187. The summed E-state index contributed by atoms with van der Waals surface area (Å²) in [5.41, 5.74) is 0.962. The summed E-state index contributed by atoms with van der Waals surface area (Å²) in [6.07, 6.45) is 3.61. The van der Waals surface area contributed by atoms with E-state index in [0.717, 1.165) is 0 Å².